The van der Waals surface area contributed by atoms with Crippen LogP contribution in [0.4, 0.5) is 30.2 Å². The van der Waals surface area contributed by atoms with E-state index >= 15 is 0 Å². The average Bonchev–Trinajstić information content (AvgIpc) is 2.55. The van der Waals surface area contributed by atoms with Gasteiger partial charge in [-0.1, -0.05) is 6.07 Å². The minimum atomic E-state index is -4.56. The summed E-state index contributed by atoms with van der Waals surface area (Å²) in [5.41, 5.74) is 2.55. The van der Waals surface area contributed by atoms with Crippen molar-refractivity contribution in [1.29, 1.82) is 0 Å². The van der Waals surface area contributed by atoms with Gasteiger partial charge >= 0.3 is 6.18 Å². The fourth-order valence-corrected chi connectivity index (χ4v) is 2.36. The summed E-state index contributed by atoms with van der Waals surface area (Å²) >= 11 is 5.16. The summed E-state index contributed by atoms with van der Waals surface area (Å²) in [6.07, 6.45) is -4.56. The average molecular weight is 399 g/mol. The molecule has 0 aliphatic heterocycles. The zero-order valence-corrected chi connectivity index (χ0v) is 15.2. The van der Waals surface area contributed by atoms with E-state index in [1.165, 1.54) is 6.07 Å². The van der Waals surface area contributed by atoms with Crippen LogP contribution in [-0.4, -0.2) is 22.8 Å². The second-order valence-corrected chi connectivity index (χ2v) is 6.16. The molecule has 0 aliphatic rings. The van der Waals surface area contributed by atoms with Crippen LogP contribution < -0.4 is 15.4 Å². The molecule has 144 valence electrons. The van der Waals surface area contributed by atoms with E-state index in [2.05, 4.69) is 15.4 Å². The molecule has 0 unspecified atom stereocenters. The van der Waals surface area contributed by atoms with E-state index in [0.717, 1.165) is 23.3 Å². The molecule has 0 saturated heterocycles. The normalized spacial score (nSPS) is 11.0. The van der Waals surface area contributed by atoms with Crippen LogP contribution in [0.2, 0.25) is 0 Å². The molecule has 0 spiro atoms. The third-order valence-electron chi connectivity index (χ3n) is 3.53. The molecule has 0 amide bonds. The first-order chi connectivity index (χ1) is 12.5. The number of anilines is 2. The highest BCUT2D eigenvalue weighted by atomic mass is 32.1. The Morgan fingerprint density at radius 2 is 1.78 bits per heavy atom. The Bertz CT molecular complexity index is 872. The molecule has 0 bridgehead atoms. The van der Waals surface area contributed by atoms with Gasteiger partial charge in [-0.2, -0.15) is 13.2 Å². The largest absolute Gasteiger partial charge is 0.484 e. The fraction of sp³-hybridized carbons (Fsp3) is 0.235. The standard InChI is InChI=1S/C17H16F3N3O3S/c1-10-3-4-12(5-11(10)2)21-16(27)22-13-6-14(23(24)25)8-15(7-13)26-9-17(18,19)20/h3-8H,9H2,1-2H3,(H2,21,22,27). The van der Waals surface area contributed by atoms with Crippen LogP contribution in [0.3, 0.4) is 0 Å². The topological polar surface area (TPSA) is 76.4 Å². The Balaban J connectivity index is 2.15. The van der Waals surface area contributed by atoms with Crippen LogP contribution in [-0.2, 0) is 0 Å². The van der Waals surface area contributed by atoms with Crippen molar-refractivity contribution in [1.82, 2.24) is 0 Å². The number of nitrogens with one attached hydrogen (secondary N) is 2. The molecule has 0 aliphatic carbocycles. The molecule has 2 rings (SSSR count). The van der Waals surface area contributed by atoms with Crippen molar-refractivity contribution in [2.24, 2.45) is 0 Å². The maximum Gasteiger partial charge on any atom is 0.422 e. The molecular formula is C17H16F3N3O3S. The molecule has 0 aromatic heterocycles. The second-order valence-electron chi connectivity index (χ2n) is 5.75. The van der Waals surface area contributed by atoms with Crippen LogP contribution in [0.5, 0.6) is 5.75 Å². The molecule has 0 saturated carbocycles. The molecule has 2 aromatic carbocycles. The highest BCUT2D eigenvalue weighted by molar-refractivity contribution is 7.80. The van der Waals surface area contributed by atoms with Gasteiger partial charge in [0.25, 0.3) is 5.69 Å². The number of nitro benzene ring substituents is 1. The van der Waals surface area contributed by atoms with E-state index in [1.807, 2.05) is 32.0 Å². The van der Waals surface area contributed by atoms with Crippen molar-refractivity contribution >= 4 is 34.4 Å². The van der Waals surface area contributed by atoms with Crippen molar-refractivity contribution < 1.29 is 22.8 Å². The molecule has 2 N–H and O–H groups in total. The Hall–Kier alpha value is -2.88. The van der Waals surface area contributed by atoms with Crippen molar-refractivity contribution in [2.75, 3.05) is 17.2 Å². The summed E-state index contributed by atoms with van der Waals surface area (Å²) in [4.78, 5) is 10.3. The Labute approximate surface area is 158 Å². The maximum atomic E-state index is 12.3. The number of hydrogen-bond acceptors (Lipinski definition) is 4. The van der Waals surface area contributed by atoms with Gasteiger partial charge in [-0.3, -0.25) is 10.1 Å². The summed E-state index contributed by atoms with van der Waals surface area (Å²) < 4.78 is 41.5. The van der Waals surface area contributed by atoms with Crippen molar-refractivity contribution in [3.63, 3.8) is 0 Å². The fourth-order valence-electron chi connectivity index (χ4n) is 2.12. The second kappa shape index (κ2) is 8.21. The molecule has 0 atom stereocenters. The van der Waals surface area contributed by atoms with Gasteiger partial charge in [0, 0.05) is 17.8 Å². The molecule has 6 nitrogen and oxygen atoms in total. The van der Waals surface area contributed by atoms with Gasteiger partial charge in [0.1, 0.15) is 5.75 Å². The van der Waals surface area contributed by atoms with E-state index in [9.17, 15) is 23.3 Å². The SMILES string of the molecule is Cc1ccc(NC(=S)Nc2cc(OCC(F)(F)F)cc([N+](=O)[O-])c2)cc1C. The van der Waals surface area contributed by atoms with Gasteiger partial charge in [-0.25, -0.2) is 0 Å². The van der Waals surface area contributed by atoms with E-state index < -0.39 is 23.4 Å². The first kappa shape index (κ1) is 20.4. The Morgan fingerprint density at radius 1 is 1.11 bits per heavy atom. The molecule has 2 aromatic rings. The number of nitro groups is 1. The zero-order valence-electron chi connectivity index (χ0n) is 14.4. The smallest absolute Gasteiger partial charge is 0.422 e. The Kier molecular flexibility index (Phi) is 6.21. The molecule has 27 heavy (non-hydrogen) atoms. The number of ether oxygens (including phenoxy) is 1. The molecule has 10 heteroatoms. The summed E-state index contributed by atoms with van der Waals surface area (Å²) in [5, 5.41) is 16.8. The Morgan fingerprint density at radius 3 is 2.37 bits per heavy atom. The van der Waals surface area contributed by atoms with Crippen molar-refractivity contribution in [3.05, 3.63) is 57.6 Å². The van der Waals surface area contributed by atoms with Crippen LogP contribution in [0, 0.1) is 24.0 Å². The van der Waals surface area contributed by atoms with E-state index in [1.54, 1.807) is 0 Å². The predicted molar refractivity (Wildman–Crippen MR) is 100 cm³/mol. The number of benzene rings is 2. The van der Waals surface area contributed by atoms with Gasteiger partial charge in [0.15, 0.2) is 11.7 Å². The van der Waals surface area contributed by atoms with Crippen LogP contribution >= 0.6 is 12.2 Å². The summed E-state index contributed by atoms with van der Waals surface area (Å²) in [6, 6.07) is 8.84. The lowest BCUT2D eigenvalue weighted by molar-refractivity contribution is -0.384. The molecule has 0 radical (unpaired) electrons. The van der Waals surface area contributed by atoms with Gasteiger partial charge in [0.2, 0.25) is 0 Å². The number of nitrogens with zero attached hydrogens (tertiary/aromatic N) is 1. The quantitative estimate of drug-likeness (QED) is 0.420. The monoisotopic (exact) mass is 399 g/mol. The van der Waals surface area contributed by atoms with Gasteiger partial charge in [0.05, 0.1) is 16.7 Å². The van der Waals surface area contributed by atoms with Crippen molar-refractivity contribution in [3.8, 4) is 5.75 Å². The van der Waals surface area contributed by atoms with Crippen molar-refractivity contribution in [2.45, 2.75) is 20.0 Å². The lowest BCUT2D eigenvalue weighted by Crippen LogP contribution is -2.20. The molecule has 0 heterocycles. The number of aryl methyl sites for hydroxylation is 2. The number of hydrogen-bond donors (Lipinski definition) is 2. The minimum absolute atomic E-state index is 0.125. The zero-order chi connectivity index (χ0) is 20.2. The van der Waals surface area contributed by atoms with Crippen LogP contribution in [0.25, 0.3) is 0 Å². The first-order valence-electron chi connectivity index (χ1n) is 7.68. The lowest BCUT2D eigenvalue weighted by atomic mass is 10.1. The third-order valence-corrected chi connectivity index (χ3v) is 3.73. The summed E-state index contributed by atoms with van der Waals surface area (Å²) in [5.74, 6) is -0.294. The maximum absolute atomic E-state index is 12.3. The summed E-state index contributed by atoms with van der Waals surface area (Å²) in [6.45, 7) is 2.34. The van der Waals surface area contributed by atoms with E-state index in [-0.39, 0.29) is 16.5 Å². The number of alkyl halides is 3. The number of non-ortho nitro benzene ring substituents is 1. The summed E-state index contributed by atoms with van der Waals surface area (Å²) in [7, 11) is 0. The van der Waals surface area contributed by atoms with Gasteiger partial charge in [-0.15, -0.1) is 0 Å². The predicted octanol–water partition coefficient (Wildman–Crippen LogP) is 4.96. The lowest BCUT2D eigenvalue weighted by Gasteiger charge is -2.14. The third kappa shape index (κ3) is 6.41. The van der Waals surface area contributed by atoms with E-state index in [0.29, 0.717) is 5.69 Å². The number of halogens is 3. The van der Waals surface area contributed by atoms with Gasteiger partial charge < -0.3 is 15.4 Å². The molecule has 0 fully saturated rings. The minimum Gasteiger partial charge on any atom is -0.484 e. The highest BCUT2D eigenvalue weighted by Crippen LogP contribution is 2.28. The van der Waals surface area contributed by atoms with Gasteiger partial charge in [-0.05, 0) is 49.3 Å². The number of thiocarbonyl (C=S) groups is 1. The highest BCUT2D eigenvalue weighted by Gasteiger charge is 2.28. The van der Waals surface area contributed by atoms with E-state index in [4.69, 9.17) is 12.2 Å². The first-order valence-corrected chi connectivity index (χ1v) is 8.08. The number of rotatable bonds is 5. The molecular weight excluding hydrogens is 383 g/mol. The van der Waals surface area contributed by atoms with Crippen LogP contribution in [0.1, 0.15) is 11.1 Å². The van der Waals surface area contributed by atoms with Crippen LogP contribution in [0.15, 0.2) is 36.4 Å².